The van der Waals surface area contributed by atoms with Gasteiger partial charge in [0.1, 0.15) is 11.4 Å². The number of rotatable bonds is 6. The van der Waals surface area contributed by atoms with E-state index < -0.39 is 23.7 Å². The fourth-order valence-electron chi connectivity index (χ4n) is 3.84. The van der Waals surface area contributed by atoms with Crippen LogP contribution in [0.5, 0.6) is 0 Å². The van der Waals surface area contributed by atoms with E-state index in [1.54, 1.807) is 25.6 Å². The summed E-state index contributed by atoms with van der Waals surface area (Å²) >= 11 is 0. The second-order valence-corrected chi connectivity index (χ2v) is 8.54. The van der Waals surface area contributed by atoms with Crippen molar-refractivity contribution in [2.45, 2.75) is 45.3 Å². The van der Waals surface area contributed by atoms with Crippen LogP contribution in [0.3, 0.4) is 0 Å². The Labute approximate surface area is 202 Å². The Morgan fingerprint density at radius 3 is 2.39 bits per heavy atom. The first kappa shape index (κ1) is 23.5. The third kappa shape index (κ3) is 4.18. The number of nitrogens with zero attached hydrogens (tertiary/aromatic N) is 7. The van der Waals surface area contributed by atoms with Gasteiger partial charge >= 0.3 is 6.18 Å². The number of aromatic nitrogens is 7. The van der Waals surface area contributed by atoms with Gasteiger partial charge in [0, 0.05) is 31.3 Å². The van der Waals surface area contributed by atoms with Crippen LogP contribution < -0.4 is 10.6 Å². The molecule has 1 fully saturated rings. The van der Waals surface area contributed by atoms with Gasteiger partial charge in [0.2, 0.25) is 0 Å². The maximum atomic E-state index is 13.7. The highest BCUT2D eigenvalue weighted by molar-refractivity contribution is 6.11. The fourth-order valence-corrected chi connectivity index (χ4v) is 3.84. The van der Waals surface area contributed by atoms with E-state index in [0.29, 0.717) is 22.4 Å². The molecule has 14 heteroatoms. The predicted octanol–water partition coefficient (Wildman–Crippen LogP) is 3.39. The molecule has 11 nitrogen and oxygen atoms in total. The molecular weight excluding hydrogens is 479 g/mol. The summed E-state index contributed by atoms with van der Waals surface area (Å²) in [5.74, 6) is -1.36. The minimum atomic E-state index is -4.68. The molecule has 1 aliphatic rings. The Bertz CT molecular complexity index is 1490. The molecule has 188 valence electrons. The smallest absolute Gasteiger partial charge is 0.318 e. The third-order valence-corrected chi connectivity index (χ3v) is 6.05. The van der Waals surface area contributed by atoms with E-state index in [-0.39, 0.29) is 28.6 Å². The maximum Gasteiger partial charge on any atom is 0.433 e. The molecule has 0 bridgehead atoms. The summed E-state index contributed by atoms with van der Waals surface area (Å²) in [7, 11) is 1.73. The molecule has 2 N–H and O–H groups in total. The summed E-state index contributed by atoms with van der Waals surface area (Å²) < 4.78 is 44.7. The lowest BCUT2D eigenvalue weighted by Gasteiger charge is -2.10. The molecule has 1 aliphatic carbocycles. The topological polar surface area (TPSA) is 124 Å². The molecule has 0 saturated heterocycles. The third-order valence-electron chi connectivity index (χ3n) is 6.05. The standard InChI is InChI=1S/C22H22F3N9O2/c1-4-33-19(21(36)29-15-9-26-32(3)11(15)2)16(10-27-33)30-20(35)14-8-18-28-13(12-5-6-12)7-17(22(23,24)25)34(18)31-14/h7-10,12H,4-6H2,1-3H3,(H,29,36)(H,30,35). The van der Waals surface area contributed by atoms with E-state index in [2.05, 4.69) is 30.9 Å². The van der Waals surface area contributed by atoms with E-state index in [1.807, 2.05) is 0 Å². The first-order valence-electron chi connectivity index (χ1n) is 11.2. The second-order valence-electron chi connectivity index (χ2n) is 8.54. The predicted molar refractivity (Wildman–Crippen MR) is 122 cm³/mol. The van der Waals surface area contributed by atoms with E-state index in [0.717, 1.165) is 24.6 Å². The van der Waals surface area contributed by atoms with Crippen molar-refractivity contribution in [3.05, 3.63) is 53.0 Å². The monoisotopic (exact) mass is 501 g/mol. The normalized spacial score (nSPS) is 13.8. The Balaban J connectivity index is 1.46. The van der Waals surface area contributed by atoms with E-state index in [9.17, 15) is 22.8 Å². The summed E-state index contributed by atoms with van der Waals surface area (Å²) in [6.45, 7) is 3.89. The first-order chi connectivity index (χ1) is 17.1. The largest absolute Gasteiger partial charge is 0.433 e. The van der Waals surface area contributed by atoms with Gasteiger partial charge in [-0.05, 0) is 32.8 Å². The maximum absolute atomic E-state index is 13.7. The summed E-state index contributed by atoms with van der Waals surface area (Å²) in [5, 5.41) is 17.4. The van der Waals surface area contributed by atoms with E-state index in [4.69, 9.17) is 0 Å². The van der Waals surface area contributed by atoms with Gasteiger partial charge in [-0.15, -0.1) is 0 Å². The zero-order chi connectivity index (χ0) is 25.8. The van der Waals surface area contributed by atoms with E-state index >= 15 is 0 Å². The van der Waals surface area contributed by atoms with Crippen molar-refractivity contribution < 1.29 is 22.8 Å². The van der Waals surface area contributed by atoms with Crippen molar-refractivity contribution in [2.75, 3.05) is 10.6 Å². The summed E-state index contributed by atoms with van der Waals surface area (Å²) in [6.07, 6.45) is -0.342. The lowest BCUT2D eigenvalue weighted by molar-refractivity contribution is -0.142. The Kier molecular flexibility index (Phi) is 5.53. The van der Waals surface area contributed by atoms with Crippen LogP contribution in [0, 0.1) is 6.92 Å². The number of alkyl halides is 3. The fraction of sp³-hybridized carbons (Fsp3) is 0.364. The van der Waals surface area contributed by atoms with Crippen molar-refractivity contribution in [2.24, 2.45) is 7.05 Å². The number of nitrogens with one attached hydrogen (secondary N) is 2. The molecule has 1 saturated carbocycles. The number of carbonyl (C=O) groups excluding carboxylic acids is 2. The van der Waals surface area contributed by atoms with Gasteiger partial charge < -0.3 is 10.6 Å². The number of carbonyl (C=O) groups is 2. The van der Waals surface area contributed by atoms with Gasteiger partial charge in [-0.3, -0.25) is 19.0 Å². The average molecular weight is 501 g/mol. The second kappa shape index (κ2) is 8.46. The zero-order valence-electron chi connectivity index (χ0n) is 19.6. The minimum absolute atomic E-state index is 0.0207. The van der Waals surface area contributed by atoms with Crippen molar-refractivity contribution in [1.82, 2.24) is 34.2 Å². The number of aryl methyl sites for hydroxylation is 2. The van der Waals surface area contributed by atoms with Crippen molar-refractivity contribution in [1.29, 1.82) is 0 Å². The summed E-state index contributed by atoms with van der Waals surface area (Å²) in [5.41, 5.74) is 0.338. The summed E-state index contributed by atoms with van der Waals surface area (Å²) in [4.78, 5) is 30.3. The minimum Gasteiger partial charge on any atom is -0.318 e. The lowest BCUT2D eigenvalue weighted by Crippen LogP contribution is -2.21. The van der Waals surface area contributed by atoms with Crippen LogP contribution in [0.15, 0.2) is 24.5 Å². The van der Waals surface area contributed by atoms with Gasteiger partial charge in [-0.25, -0.2) is 9.50 Å². The Hall–Kier alpha value is -4.23. The molecule has 0 unspecified atom stereocenters. The van der Waals surface area contributed by atoms with Gasteiger partial charge in [0.15, 0.2) is 11.3 Å². The van der Waals surface area contributed by atoms with E-state index in [1.165, 1.54) is 23.1 Å². The number of anilines is 2. The molecule has 0 aromatic carbocycles. The zero-order valence-corrected chi connectivity index (χ0v) is 19.6. The molecule has 4 aromatic rings. The molecular formula is C22H22F3N9O2. The van der Waals surface area contributed by atoms with Crippen molar-refractivity contribution >= 4 is 28.8 Å². The van der Waals surface area contributed by atoms with Gasteiger partial charge in [-0.1, -0.05) is 0 Å². The van der Waals surface area contributed by atoms with Crippen LogP contribution in [0.1, 0.15) is 63.7 Å². The molecule has 36 heavy (non-hydrogen) atoms. The molecule has 0 atom stereocenters. The number of halogens is 3. The average Bonchev–Trinajstić information content (AvgIpc) is 3.34. The number of amides is 2. The SMILES string of the molecule is CCn1ncc(NC(=O)c2cc3nc(C4CC4)cc(C(F)(F)F)n3n2)c1C(=O)Nc1cnn(C)c1C. The van der Waals surface area contributed by atoms with Crippen LogP contribution in [-0.4, -0.2) is 46.0 Å². The number of hydrogen-bond acceptors (Lipinski definition) is 6. The van der Waals surface area contributed by atoms with Crippen LogP contribution >= 0.6 is 0 Å². The van der Waals surface area contributed by atoms with Crippen LogP contribution in [0.4, 0.5) is 24.5 Å². The molecule has 4 heterocycles. The molecule has 4 aromatic heterocycles. The first-order valence-corrected chi connectivity index (χ1v) is 11.2. The Morgan fingerprint density at radius 1 is 1.08 bits per heavy atom. The van der Waals surface area contributed by atoms with Crippen LogP contribution in [-0.2, 0) is 19.8 Å². The van der Waals surface area contributed by atoms with Gasteiger partial charge in [-0.2, -0.15) is 28.5 Å². The quantitative estimate of drug-likeness (QED) is 0.417. The molecule has 2 amide bonds. The molecule has 5 rings (SSSR count). The molecule has 0 radical (unpaired) electrons. The van der Waals surface area contributed by atoms with Crippen LogP contribution in [0.25, 0.3) is 5.65 Å². The number of hydrogen-bond donors (Lipinski definition) is 2. The molecule has 0 spiro atoms. The summed E-state index contributed by atoms with van der Waals surface area (Å²) in [6, 6.07) is 2.17. The van der Waals surface area contributed by atoms with Gasteiger partial charge in [0.05, 0.1) is 29.5 Å². The highest BCUT2D eigenvalue weighted by atomic mass is 19.4. The highest BCUT2D eigenvalue weighted by Gasteiger charge is 2.37. The Morgan fingerprint density at radius 2 is 1.78 bits per heavy atom. The molecule has 0 aliphatic heterocycles. The van der Waals surface area contributed by atoms with Crippen molar-refractivity contribution in [3.63, 3.8) is 0 Å². The van der Waals surface area contributed by atoms with Gasteiger partial charge in [0.25, 0.3) is 11.8 Å². The van der Waals surface area contributed by atoms with Crippen LogP contribution in [0.2, 0.25) is 0 Å². The lowest BCUT2D eigenvalue weighted by atomic mass is 10.2. The van der Waals surface area contributed by atoms with Crippen molar-refractivity contribution in [3.8, 4) is 0 Å². The highest BCUT2D eigenvalue weighted by Crippen LogP contribution is 2.41. The number of fused-ring (bicyclic) bond motifs is 1.